The number of benzene rings is 1. The van der Waals surface area contributed by atoms with Crippen LogP contribution in [0.4, 0.5) is 0 Å². The zero-order valence-corrected chi connectivity index (χ0v) is 12.3. The average molecular weight is 296 g/mol. The van der Waals surface area contributed by atoms with Crippen LogP contribution in [0.25, 0.3) is 22.8 Å². The van der Waals surface area contributed by atoms with E-state index in [1.165, 1.54) is 6.07 Å². The van der Waals surface area contributed by atoms with Crippen molar-refractivity contribution in [2.45, 2.75) is 19.8 Å². The van der Waals surface area contributed by atoms with Gasteiger partial charge in [0, 0.05) is 24.0 Å². The summed E-state index contributed by atoms with van der Waals surface area (Å²) in [7, 11) is 0. The third kappa shape index (κ3) is 2.50. The molecule has 1 aromatic carbocycles. The van der Waals surface area contributed by atoms with E-state index in [1.54, 1.807) is 18.5 Å². The third-order valence-electron chi connectivity index (χ3n) is 3.43. The van der Waals surface area contributed by atoms with Gasteiger partial charge in [0.25, 0.3) is 0 Å². The van der Waals surface area contributed by atoms with Gasteiger partial charge < -0.3 is 10.2 Å². The molecular weight excluding hydrogens is 280 g/mol. The Balaban J connectivity index is 2.05. The Hall–Kier alpha value is -2.89. The van der Waals surface area contributed by atoms with Crippen molar-refractivity contribution in [3.05, 3.63) is 42.2 Å². The summed E-state index contributed by atoms with van der Waals surface area (Å²) in [6, 6.07) is 6.72. The minimum Gasteiger partial charge on any atom is -0.508 e. The minimum absolute atomic E-state index is 0.0568. The minimum atomic E-state index is -0.0568. The molecule has 0 aliphatic heterocycles. The van der Waals surface area contributed by atoms with Crippen molar-refractivity contribution in [1.82, 2.24) is 20.2 Å². The highest BCUT2D eigenvalue weighted by atomic mass is 16.3. The summed E-state index contributed by atoms with van der Waals surface area (Å²) in [5, 5.41) is 26.9. The number of phenolic OH excluding ortho intramolecular Hbond substituents is 2. The van der Waals surface area contributed by atoms with Gasteiger partial charge in [0.2, 0.25) is 0 Å². The van der Waals surface area contributed by atoms with Crippen molar-refractivity contribution in [3.8, 4) is 34.3 Å². The molecule has 0 saturated heterocycles. The van der Waals surface area contributed by atoms with E-state index in [-0.39, 0.29) is 17.4 Å². The quantitative estimate of drug-likeness (QED) is 0.690. The molecule has 3 aromatic rings. The molecule has 0 saturated carbocycles. The molecule has 6 nitrogen and oxygen atoms in total. The molecule has 22 heavy (non-hydrogen) atoms. The van der Waals surface area contributed by atoms with Crippen LogP contribution in [0.2, 0.25) is 0 Å². The topological polar surface area (TPSA) is 94.9 Å². The number of pyridine rings is 1. The number of nitrogens with one attached hydrogen (secondary N) is 1. The highest BCUT2D eigenvalue weighted by Crippen LogP contribution is 2.36. The number of aromatic nitrogens is 4. The third-order valence-corrected chi connectivity index (χ3v) is 3.43. The number of rotatable bonds is 3. The number of aromatic hydroxyl groups is 2. The van der Waals surface area contributed by atoms with E-state index in [2.05, 4.69) is 20.2 Å². The van der Waals surface area contributed by atoms with Crippen LogP contribution < -0.4 is 0 Å². The van der Waals surface area contributed by atoms with Crippen LogP contribution in [0.5, 0.6) is 11.5 Å². The number of H-pyrrole nitrogens is 1. The SMILES string of the molecule is CC(C)c1cc(-c2n[nH]c(-c3cccnc3)n2)c(O)cc1O. The van der Waals surface area contributed by atoms with Gasteiger partial charge in [-0.05, 0) is 29.7 Å². The summed E-state index contributed by atoms with van der Waals surface area (Å²) in [5.74, 6) is 1.08. The summed E-state index contributed by atoms with van der Waals surface area (Å²) < 4.78 is 0. The molecule has 2 aromatic heterocycles. The lowest BCUT2D eigenvalue weighted by atomic mass is 9.98. The maximum atomic E-state index is 10.1. The fraction of sp³-hybridized carbons (Fsp3) is 0.188. The van der Waals surface area contributed by atoms with Gasteiger partial charge in [0.05, 0.1) is 5.56 Å². The summed E-state index contributed by atoms with van der Waals surface area (Å²) in [6.45, 7) is 3.93. The summed E-state index contributed by atoms with van der Waals surface area (Å²) in [5.41, 5.74) is 2.03. The van der Waals surface area contributed by atoms with Crippen molar-refractivity contribution in [1.29, 1.82) is 0 Å². The van der Waals surface area contributed by atoms with Gasteiger partial charge in [0.1, 0.15) is 11.5 Å². The van der Waals surface area contributed by atoms with Gasteiger partial charge in [0.15, 0.2) is 11.6 Å². The second-order valence-electron chi connectivity index (χ2n) is 5.33. The molecule has 0 fully saturated rings. The van der Waals surface area contributed by atoms with Gasteiger partial charge >= 0.3 is 0 Å². The Labute approximate surface area is 127 Å². The van der Waals surface area contributed by atoms with E-state index in [9.17, 15) is 10.2 Å². The fourth-order valence-corrected chi connectivity index (χ4v) is 2.25. The van der Waals surface area contributed by atoms with E-state index in [0.29, 0.717) is 17.2 Å². The zero-order valence-electron chi connectivity index (χ0n) is 12.3. The molecule has 2 heterocycles. The number of phenols is 2. The maximum absolute atomic E-state index is 10.1. The second kappa shape index (κ2) is 5.48. The van der Waals surface area contributed by atoms with Crippen molar-refractivity contribution in [3.63, 3.8) is 0 Å². The van der Waals surface area contributed by atoms with E-state index in [1.807, 2.05) is 26.0 Å². The van der Waals surface area contributed by atoms with E-state index >= 15 is 0 Å². The Morgan fingerprint density at radius 1 is 1.14 bits per heavy atom. The average Bonchev–Trinajstić information content (AvgIpc) is 2.97. The van der Waals surface area contributed by atoms with Crippen molar-refractivity contribution >= 4 is 0 Å². The monoisotopic (exact) mass is 296 g/mol. The highest BCUT2D eigenvalue weighted by Gasteiger charge is 2.16. The predicted octanol–water partition coefficient (Wildman–Crippen LogP) is 3.07. The largest absolute Gasteiger partial charge is 0.508 e. The summed E-state index contributed by atoms with van der Waals surface area (Å²) in [4.78, 5) is 8.43. The van der Waals surface area contributed by atoms with Crippen LogP contribution in [0.3, 0.4) is 0 Å². The molecular formula is C16H16N4O2. The van der Waals surface area contributed by atoms with Crippen LogP contribution >= 0.6 is 0 Å². The van der Waals surface area contributed by atoms with Gasteiger partial charge in [-0.1, -0.05) is 13.8 Å². The maximum Gasteiger partial charge on any atom is 0.185 e. The number of nitrogens with zero attached hydrogens (tertiary/aromatic N) is 3. The first-order valence-corrected chi connectivity index (χ1v) is 6.95. The first-order valence-electron chi connectivity index (χ1n) is 6.95. The molecule has 0 atom stereocenters. The van der Waals surface area contributed by atoms with E-state index in [0.717, 1.165) is 11.1 Å². The molecule has 0 amide bonds. The molecule has 6 heteroatoms. The van der Waals surface area contributed by atoms with Crippen molar-refractivity contribution in [2.24, 2.45) is 0 Å². The molecule has 0 aliphatic rings. The normalized spacial score (nSPS) is 11.0. The standard InChI is InChI=1S/C16H16N4O2/c1-9(2)11-6-12(14(22)7-13(11)21)16-18-15(19-20-16)10-4-3-5-17-8-10/h3-9,21-22H,1-2H3,(H,18,19,20). The molecule has 0 spiro atoms. The number of aromatic amines is 1. The predicted molar refractivity (Wildman–Crippen MR) is 82.5 cm³/mol. The van der Waals surface area contributed by atoms with Crippen LogP contribution in [0.15, 0.2) is 36.7 Å². The lowest BCUT2D eigenvalue weighted by Gasteiger charge is -2.10. The molecule has 3 N–H and O–H groups in total. The molecule has 0 bridgehead atoms. The van der Waals surface area contributed by atoms with Gasteiger partial charge in [-0.3, -0.25) is 10.1 Å². The van der Waals surface area contributed by atoms with Gasteiger partial charge in [-0.2, -0.15) is 5.10 Å². The molecule has 112 valence electrons. The zero-order chi connectivity index (χ0) is 15.7. The van der Waals surface area contributed by atoms with Crippen LogP contribution in [0, 0.1) is 0 Å². The van der Waals surface area contributed by atoms with E-state index < -0.39 is 0 Å². The molecule has 0 radical (unpaired) electrons. The molecule has 3 rings (SSSR count). The Morgan fingerprint density at radius 3 is 2.64 bits per heavy atom. The fourth-order valence-electron chi connectivity index (χ4n) is 2.25. The van der Waals surface area contributed by atoms with Crippen molar-refractivity contribution < 1.29 is 10.2 Å². The lowest BCUT2D eigenvalue weighted by molar-refractivity contribution is 0.445. The highest BCUT2D eigenvalue weighted by molar-refractivity contribution is 5.69. The Bertz CT molecular complexity index is 797. The smallest absolute Gasteiger partial charge is 0.185 e. The first kappa shape index (κ1) is 14.1. The van der Waals surface area contributed by atoms with Crippen LogP contribution in [0.1, 0.15) is 25.3 Å². The second-order valence-corrected chi connectivity index (χ2v) is 5.33. The Kier molecular flexibility index (Phi) is 3.50. The first-order chi connectivity index (χ1) is 10.6. The lowest BCUT2D eigenvalue weighted by Crippen LogP contribution is -1.91. The van der Waals surface area contributed by atoms with Crippen LogP contribution in [-0.2, 0) is 0 Å². The number of hydrogen-bond donors (Lipinski definition) is 3. The number of hydrogen-bond acceptors (Lipinski definition) is 5. The van der Waals surface area contributed by atoms with Gasteiger partial charge in [-0.25, -0.2) is 4.98 Å². The molecule has 0 unspecified atom stereocenters. The molecule has 0 aliphatic carbocycles. The van der Waals surface area contributed by atoms with Gasteiger partial charge in [-0.15, -0.1) is 0 Å². The van der Waals surface area contributed by atoms with Crippen molar-refractivity contribution in [2.75, 3.05) is 0 Å². The summed E-state index contributed by atoms with van der Waals surface area (Å²) in [6.07, 6.45) is 3.36. The Morgan fingerprint density at radius 2 is 1.95 bits per heavy atom. The van der Waals surface area contributed by atoms with E-state index in [4.69, 9.17) is 0 Å². The summed E-state index contributed by atoms with van der Waals surface area (Å²) >= 11 is 0. The van der Waals surface area contributed by atoms with Crippen LogP contribution in [-0.4, -0.2) is 30.4 Å².